The van der Waals surface area contributed by atoms with Crippen molar-refractivity contribution in [1.82, 2.24) is 4.98 Å². The second-order valence-electron chi connectivity index (χ2n) is 5.06. The minimum absolute atomic E-state index is 0.00279. The highest BCUT2D eigenvalue weighted by atomic mass is 35.5. The predicted octanol–water partition coefficient (Wildman–Crippen LogP) is 3.71. The fourth-order valence-corrected chi connectivity index (χ4v) is 3.40. The third-order valence-electron chi connectivity index (χ3n) is 3.33. The molecule has 0 spiro atoms. The molecule has 7 heteroatoms. The molecule has 3 aromatic rings. The molecular weight excluding hydrogens is 336 g/mol. The number of fused-ring (bicyclic) bond motifs is 1. The van der Waals surface area contributed by atoms with Gasteiger partial charge in [-0.2, -0.15) is 0 Å². The largest absolute Gasteiger partial charge is 0.507 e. The molecule has 0 unspecified atom stereocenters. The van der Waals surface area contributed by atoms with Gasteiger partial charge in [-0.15, -0.1) is 0 Å². The molecule has 0 bridgehead atoms. The number of nitrogens with zero attached hydrogens (tertiary/aromatic N) is 1. The molecule has 5 nitrogen and oxygen atoms in total. The number of aliphatic hydroxyl groups is 1. The molecule has 118 valence electrons. The summed E-state index contributed by atoms with van der Waals surface area (Å²) < 4.78 is 0.965. The van der Waals surface area contributed by atoms with Crippen LogP contribution >= 0.6 is 22.9 Å². The second kappa shape index (κ2) is 6.16. The molecule has 0 saturated heterocycles. The number of halogens is 1. The third-order valence-corrected chi connectivity index (χ3v) is 4.48. The lowest BCUT2D eigenvalue weighted by atomic mass is 10.1. The molecule has 0 fully saturated rings. The number of aromatic hydroxyl groups is 1. The maximum absolute atomic E-state index is 12.4. The van der Waals surface area contributed by atoms with E-state index in [0.717, 1.165) is 15.8 Å². The number of benzene rings is 2. The maximum atomic E-state index is 12.4. The average Bonchev–Trinajstić information content (AvgIpc) is 2.90. The first-order valence-corrected chi connectivity index (χ1v) is 7.98. The van der Waals surface area contributed by atoms with Gasteiger partial charge in [0.2, 0.25) is 0 Å². The van der Waals surface area contributed by atoms with Gasteiger partial charge in [0.15, 0.2) is 5.13 Å². The van der Waals surface area contributed by atoms with Gasteiger partial charge in [-0.25, -0.2) is 4.98 Å². The Labute approximate surface area is 141 Å². The van der Waals surface area contributed by atoms with Crippen LogP contribution in [0.5, 0.6) is 5.75 Å². The summed E-state index contributed by atoms with van der Waals surface area (Å²) in [5.74, 6) is -0.818. The van der Waals surface area contributed by atoms with Gasteiger partial charge in [0.1, 0.15) is 5.75 Å². The van der Waals surface area contributed by atoms with Crippen molar-refractivity contribution >= 4 is 44.2 Å². The molecule has 0 aliphatic heterocycles. The van der Waals surface area contributed by atoms with Crippen LogP contribution in [0.25, 0.3) is 10.2 Å². The van der Waals surface area contributed by atoms with Crippen LogP contribution in [0.4, 0.5) is 5.13 Å². The van der Waals surface area contributed by atoms with E-state index in [1.165, 1.54) is 23.5 Å². The van der Waals surface area contributed by atoms with Gasteiger partial charge < -0.3 is 10.2 Å². The first-order valence-electron chi connectivity index (χ1n) is 6.78. The van der Waals surface area contributed by atoms with E-state index in [1.54, 1.807) is 0 Å². The quantitative estimate of drug-likeness (QED) is 0.674. The number of amides is 1. The maximum Gasteiger partial charge on any atom is 0.261 e. The lowest BCUT2D eigenvalue weighted by Gasteiger charge is -2.08. The number of carbonyl (C=O) groups is 1. The molecule has 23 heavy (non-hydrogen) atoms. The zero-order valence-corrected chi connectivity index (χ0v) is 13.7. The van der Waals surface area contributed by atoms with E-state index in [-0.39, 0.29) is 21.9 Å². The second-order valence-corrected chi connectivity index (χ2v) is 6.53. The number of anilines is 1. The van der Waals surface area contributed by atoms with Crippen LogP contribution in [0.15, 0.2) is 30.3 Å². The summed E-state index contributed by atoms with van der Waals surface area (Å²) in [4.78, 5) is 16.7. The standard InChI is InChI=1S/C16H13ClN2O3S/c1-8-2-3-12-13(4-8)23-16(18-12)19-15(22)11-6-10(17)5-9(7-20)14(11)21/h2-6,20-21H,7H2,1H3,(H,18,19,22). The highest BCUT2D eigenvalue weighted by molar-refractivity contribution is 7.22. The van der Waals surface area contributed by atoms with Crippen molar-refractivity contribution < 1.29 is 15.0 Å². The van der Waals surface area contributed by atoms with Crippen molar-refractivity contribution in [3.05, 3.63) is 52.0 Å². The molecule has 2 aromatic carbocycles. The normalized spacial score (nSPS) is 10.9. The predicted molar refractivity (Wildman–Crippen MR) is 91.3 cm³/mol. The minimum atomic E-state index is -0.532. The van der Waals surface area contributed by atoms with Crippen LogP contribution in [0.3, 0.4) is 0 Å². The number of aromatic nitrogens is 1. The number of aryl methyl sites for hydroxylation is 1. The Morgan fingerprint density at radius 3 is 2.87 bits per heavy atom. The fraction of sp³-hybridized carbons (Fsp3) is 0.125. The number of aliphatic hydroxyl groups excluding tert-OH is 1. The number of hydrogen-bond donors (Lipinski definition) is 3. The summed E-state index contributed by atoms with van der Waals surface area (Å²) in [5.41, 5.74) is 2.10. The Morgan fingerprint density at radius 2 is 2.13 bits per heavy atom. The highest BCUT2D eigenvalue weighted by Gasteiger charge is 2.17. The van der Waals surface area contributed by atoms with E-state index in [9.17, 15) is 15.0 Å². The zero-order valence-electron chi connectivity index (χ0n) is 12.1. The molecule has 0 saturated carbocycles. The van der Waals surface area contributed by atoms with Crippen LogP contribution in [0.2, 0.25) is 5.02 Å². The Hall–Kier alpha value is -2.15. The molecule has 0 atom stereocenters. The number of hydrogen-bond acceptors (Lipinski definition) is 5. The molecule has 1 amide bonds. The highest BCUT2D eigenvalue weighted by Crippen LogP contribution is 2.30. The lowest BCUT2D eigenvalue weighted by molar-refractivity contribution is 0.102. The smallest absolute Gasteiger partial charge is 0.261 e. The SMILES string of the molecule is Cc1ccc2nc(NC(=O)c3cc(Cl)cc(CO)c3O)sc2c1. The molecule has 0 aliphatic carbocycles. The van der Waals surface area contributed by atoms with Gasteiger partial charge in [0.05, 0.1) is 22.4 Å². The van der Waals surface area contributed by atoms with Gasteiger partial charge in [-0.1, -0.05) is 29.0 Å². The van der Waals surface area contributed by atoms with Crippen LogP contribution in [-0.4, -0.2) is 21.1 Å². The molecule has 3 rings (SSSR count). The van der Waals surface area contributed by atoms with Gasteiger partial charge in [-0.3, -0.25) is 10.1 Å². The summed E-state index contributed by atoms with van der Waals surface area (Å²) in [6, 6.07) is 8.59. The number of nitrogens with one attached hydrogen (secondary N) is 1. The number of phenols is 1. The summed E-state index contributed by atoms with van der Waals surface area (Å²) in [5, 5.41) is 22.6. The van der Waals surface area contributed by atoms with Crippen molar-refractivity contribution in [2.75, 3.05) is 5.32 Å². The lowest BCUT2D eigenvalue weighted by Crippen LogP contribution is -2.12. The summed E-state index contributed by atoms with van der Waals surface area (Å²) in [7, 11) is 0. The summed E-state index contributed by atoms with van der Waals surface area (Å²) >= 11 is 7.26. The topological polar surface area (TPSA) is 82.5 Å². The zero-order chi connectivity index (χ0) is 16.6. The third kappa shape index (κ3) is 3.14. The van der Waals surface area contributed by atoms with Crippen LogP contribution < -0.4 is 5.32 Å². The molecular formula is C16H13ClN2O3S. The van der Waals surface area contributed by atoms with E-state index in [0.29, 0.717) is 5.13 Å². The first kappa shape index (κ1) is 15.7. The van der Waals surface area contributed by atoms with Crippen molar-refractivity contribution in [3.63, 3.8) is 0 Å². The van der Waals surface area contributed by atoms with Crippen LogP contribution in [0, 0.1) is 6.92 Å². The first-order chi connectivity index (χ1) is 11.0. The average molecular weight is 349 g/mol. The number of rotatable bonds is 3. The van der Waals surface area contributed by atoms with E-state index in [1.807, 2.05) is 25.1 Å². The van der Waals surface area contributed by atoms with Crippen molar-refractivity contribution in [2.45, 2.75) is 13.5 Å². The van der Waals surface area contributed by atoms with Gasteiger partial charge in [0, 0.05) is 10.6 Å². The van der Waals surface area contributed by atoms with Gasteiger partial charge in [0.25, 0.3) is 5.91 Å². The van der Waals surface area contributed by atoms with E-state index < -0.39 is 12.5 Å². The molecule has 1 aromatic heterocycles. The van der Waals surface area contributed by atoms with E-state index in [4.69, 9.17) is 11.6 Å². The van der Waals surface area contributed by atoms with Crippen LogP contribution in [0.1, 0.15) is 21.5 Å². The van der Waals surface area contributed by atoms with Crippen molar-refractivity contribution in [1.29, 1.82) is 0 Å². The number of carbonyl (C=O) groups excluding carboxylic acids is 1. The summed E-state index contributed by atoms with van der Waals surface area (Å²) in [6.07, 6.45) is 0. The molecule has 1 heterocycles. The van der Waals surface area contributed by atoms with Gasteiger partial charge >= 0.3 is 0 Å². The summed E-state index contributed by atoms with van der Waals surface area (Å²) in [6.45, 7) is 1.57. The molecule has 3 N–H and O–H groups in total. The number of thiazole rings is 1. The van der Waals surface area contributed by atoms with E-state index in [2.05, 4.69) is 10.3 Å². The molecule has 0 radical (unpaired) electrons. The monoisotopic (exact) mass is 348 g/mol. The Balaban J connectivity index is 1.93. The van der Waals surface area contributed by atoms with E-state index >= 15 is 0 Å². The molecule has 0 aliphatic rings. The Morgan fingerprint density at radius 1 is 1.35 bits per heavy atom. The van der Waals surface area contributed by atoms with Crippen molar-refractivity contribution in [3.8, 4) is 5.75 Å². The Kier molecular flexibility index (Phi) is 4.21. The van der Waals surface area contributed by atoms with Crippen LogP contribution in [-0.2, 0) is 6.61 Å². The minimum Gasteiger partial charge on any atom is -0.507 e. The Bertz CT molecular complexity index is 908. The van der Waals surface area contributed by atoms with Crippen molar-refractivity contribution in [2.24, 2.45) is 0 Å². The fourth-order valence-electron chi connectivity index (χ4n) is 2.20. The van der Waals surface area contributed by atoms with Gasteiger partial charge in [-0.05, 0) is 36.8 Å².